The zero-order valence-corrected chi connectivity index (χ0v) is 6.35. The van der Waals surface area contributed by atoms with Gasteiger partial charge in [0.25, 0.3) is 0 Å². The first-order chi connectivity index (χ1) is 3.63. The van der Waals surface area contributed by atoms with Crippen LogP contribution in [0.25, 0.3) is 0 Å². The molecule has 56 valence electrons. The molecule has 0 aliphatic carbocycles. The van der Waals surface area contributed by atoms with Crippen molar-refractivity contribution in [3.63, 3.8) is 0 Å². The van der Waals surface area contributed by atoms with E-state index in [-0.39, 0.29) is 20.3 Å². The highest BCUT2D eigenvalue weighted by molar-refractivity contribution is 5.66. The molecule has 0 amide bonds. The van der Waals surface area contributed by atoms with Gasteiger partial charge >= 0.3 is 7.40 Å². The van der Waals surface area contributed by atoms with Crippen molar-refractivity contribution in [2.24, 2.45) is 0 Å². The molecule has 0 aromatic rings. The van der Waals surface area contributed by atoms with Crippen LogP contribution in [-0.4, -0.2) is 36.6 Å². The third-order valence-corrected chi connectivity index (χ3v) is 0.773. The van der Waals surface area contributed by atoms with Gasteiger partial charge in [-0.3, -0.25) is 4.79 Å². The Balaban J connectivity index is -0.000000245. The molecule has 4 heteroatoms. The lowest BCUT2D eigenvalue weighted by atomic mass is 10.4. The van der Waals surface area contributed by atoms with Crippen molar-refractivity contribution in [1.82, 2.24) is 4.90 Å². The van der Waals surface area contributed by atoms with Crippen LogP contribution < -0.4 is 12.4 Å². The van der Waals surface area contributed by atoms with Crippen LogP contribution in [0.15, 0.2) is 0 Å². The molecule has 0 aromatic carbocycles. The molecule has 3 nitrogen and oxygen atoms in total. The number of carboxylic acid groups (broad SMARTS) is 1. The fourth-order valence-electron chi connectivity index (χ4n) is 0.319. The van der Waals surface area contributed by atoms with Crippen LogP contribution in [0.4, 0.5) is 0 Å². The van der Waals surface area contributed by atoms with Crippen LogP contribution in [-0.2, 0) is 4.79 Å². The van der Waals surface area contributed by atoms with Crippen molar-refractivity contribution in [3.05, 3.63) is 0 Å². The first kappa shape index (κ1) is 11.5. The molecular formula is C5H12ClNO2. The molecule has 0 fully saturated rings. The summed E-state index contributed by atoms with van der Waals surface area (Å²) in [5, 5.41) is 8.14. The maximum absolute atomic E-state index is 9.88. The minimum Gasteiger partial charge on any atom is -1.00 e. The standard InChI is InChI=1S/C5H11NO2.ClH/c1-6(2)4-3-5(7)8;/h3-4H2,1-2H3,(H,7,8);1H. The van der Waals surface area contributed by atoms with Crippen molar-refractivity contribution < 1.29 is 23.7 Å². The van der Waals surface area contributed by atoms with E-state index < -0.39 is 5.97 Å². The molecule has 0 atom stereocenters. The van der Waals surface area contributed by atoms with Crippen molar-refractivity contribution in [3.8, 4) is 0 Å². The van der Waals surface area contributed by atoms with Crippen molar-refractivity contribution in [1.29, 1.82) is 0 Å². The van der Waals surface area contributed by atoms with Crippen LogP contribution in [0, 0.1) is 0 Å². The molecule has 9 heavy (non-hydrogen) atoms. The maximum Gasteiger partial charge on any atom is 1.00 e. The van der Waals surface area contributed by atoms with Gasteiger partial charge in [-0.15, -0.1) is 0 Å². The van der Waals surface area contributed by atoms with Gasteiger partial charge in [0.1, 0.15) is 0 Å². The summed E-state index contributed by atoms with van der Waals surface area (Å²) < 4.78 is 0. The van der Waals surface area contributed by atoms with E-state index >= 15 is 0 Å². The van der Waals surface area contributed by atoms with Crippen LogP contribution >= 0.6 is 0 Å². The molecule has 0 unspecified atom stereocenters. The van der Waals surface area contributed by atoms with Gasteiger partial charge in [0.15, 0.2) is 0 Å². The Labute approximate surface area is 62.6 Å². The van der Waals surface area contributed by atoms with Gasteiger partial charge in [0.2, 0.25) is 0 Å². The normalized spacial score (nSPS) is 8.78. The van der Waals surface area contributed by atoms with Crippen molar-refractivity contribution in [2.45, 2.75) is 6.42 Å². The Bertz CT molecular complexity index is 89.7. The van der Waals surface area contributed by atoms with Crippen LogP contribution in [0.1, 0.15) is 7.85 Å². The molecule has 0 radical (unpaired) electrons. The Morgan fingerprint density at radius 2 is 2.11 bits per heavy atom. The number of rotatable bonds is 3. The second-order valence-corrected chi connectivity index (χ2v) is 1.95. The Morgan fingerprint density at radius 1 is 1.67 bits per heavy atom. The molecule has 0 saturated carbocycles. The SMILES string of the molecule is CN(C)CCC(=O)O.[Cl-].[H+]. The zero-order valence-electron chi connectivity index (χ0n) is 6.59. The monoisotopic (exact) mass is 153 g/mol. The number of carbonyl (C=O) groups is 1. The second kappa shape index (κ2) is 5.85. The molecule has 0 aliphatic heterocycles. The largest absolute Gasteiger partial charge is 1.00 e. The number of nitrogens with zero attached hydrogens (tertiary/aromatic N) is 1. The summed E-state index contributed by atoms with van der Waals surface area (Å²) in [5.41, 5.74) is 0. The van der Waals surface area contributed by atoms with Crippen LogP contribution in [0.3, 0.4) is 0 Å². The van der Waals surface area contributed by atoms with E-state index in [1.165, 1.54) is 0 Å². The average molecular weight is 154 g/mol. The number of carboxylic acids is 1. The summed E-state index contributed by atoms with van der Waals surface area (Å²) in [6, 6.07) is 0. The lowest BCUT2D eigenvalue weighted by molar-refractivity contribution is -0.137. The number of hydrogen-bond acceptors (Lipinski definition) is 2. The topological polar surface area (TPSA) is 40.5 Å². The predicted octanol–water partition coefficient (Wildman–Crippen LogP) is -2.86. The van der Waals surface area contributed by atoms with E-state index in [0.29, 0.717) is 6.54 Å². The minimum absolute atomic E-state index is 0. The highest BCUT2D eigenvalue weighted by Crippen LogP contribution is 1.80. The average Bonchev–Trinajstić information content (AvgIpc) is 1.61. The van der Waals surface area contributed by atoms with Crippen LogP contribution in [0.2, 0.25) is 0 Å². The molecule has 0 spiro atoms. The van der Waals surface area contributed by atoms with E-state index in [0.717, 1.165) is 0 Å². The van der Waals surface area contributed by atoms with E-state index in [4.69, 9.17) is 5.11 Å². The summed E-state index contributed by atoms with van der Waals surface area (Å²) in [7, 11) is 3.70. The van der Waals surface area contributed by atoms with Gasteiger partial charge in [0.05, 0.1) is 6.42 Å². The first-order valence-corrected chi connectivity index (χ1v) is 2.49. The molecular weight excluding hydrogens is 142 g/mol. The summed E-state index contributed by atoms with van der Waals surface area (Å²) >= 11 is 0. The molecule has 0 aromatic heterocycles. The Kier molecular flexibility index (Phi) is 7.48. The summed E-state index contributed by atoms with van der Waals surface area (Å²) in [6.45, 7) is 0.620. The fraction of sp³-hybridized carbons (Fsp3) is 0.800. The summed E-state index contributed by atoms with van der Waals surface area (Å²) in [5.74, 6) is -0.737. The first-order valence-electron chi connectivity index (χ1n) is 2.49. The van der Waals surface area contributed by atoms with E-state index in [1.54, 1.807) is 0 Å². The molecule has 0 bridgehead atoms. The predicted molar refractivity (Wildman–Crippen MR) is 31.9 cm³/mol. The number of hydrogen-bond donors (Lipinski definition) is 1. The minimum atomic E-state index is -0.737. The van der Waals surface area contributed by atoms with Gasteiger partial charge in [-0.1, -0.05) is 0 Å². The molecule has 0 rings (SSSR count). The second-order valence-electron chi connectivity index (χ2n) is 1.95. The van der Waals surface area contributed by atoms with Crippen molar-refractivity contribution in [2.75, 3.05) is 20.6 Å². The lowest BCUT2D eigenvalue weighted by Crippen LogP contribution is -3.00. The third-order valence-electron chi connectivity index (χ3n) is 0.773. The fourth-order valence-corrected chi connectivity index (χ4v) is 0.319. The molecule has 0 saturated heterocycles. The highest BCUT2D eigenvalue weighted by atomic mass is 35.5. The highest BCUT2D eigenvalue weighted by Gasteiger charge is 1.95. The number of aliphatic carboxylic acids is 1. The summed E-state index contributed by atoms with van der Waals surface area (Å²) in [6.07, 6.45) is 0.229. The molecule has 0 aliphatic rings. The molecule has 0 heterocycles. The lowest BCUT2D eigenvalue weighted by Gasteiger charge is -2.04. The smallest absolute Gasteiger partial charge is 1.00 e. The van der Waals surface area contributed by atoms with E-state index in [1.807, 2.05) is 19.0 Å². The maximum atomic E-state index is 9.88. The van der Waals surface area contributed by atoms with Gasteiger partial charge < -0.3 is 22.4 Å². The Hall–Kier alpha value is -0.280. The zero-order chi connectivity index (χ0) is 6.57. The van der Waals surface area contributed by atoms with Crippen molar-refractivity contribution >= 4 is 5.97 Å². The number of halogens is 1. The van der Waals surface area contributed by atoms with Crippen LogP contribution in [0.5, 0.6) is 0 Å². The Morgan fingerprint density at radius 3 is 2.22 bits per heavy atom. The van der Waals surface area contributed by atoms with Gasteiger partial charge in [0, 0.05) is 6.54 Å². The van der Waals surface area contributed by atoms with Gasteiger partial charge in [-0.2, -0.15) is 0 Å². The van der Waals surface area contributed by atoms with Gasteiger partial charge in [-0.05, 0) is 14.1 Å². The van der Waals surface area contributed by atoms with Gasteiger partial charge in [-0.25, -0.2) is 0 Å². The molecule has 1 N–H and O–H groups in total. The summed E-state index contributed by atoms with van der Waals surface area (Å²) in [4.78, 5) is 11.7. The quantitative estimate of drug-likeness (QED) is 0.474. The van der Waals surface area contributed by atoms with E-state index in [9.17, 15) is 4.79 Å². The van der Waals surface area contributed by atoms with E-state index in [2.05, 4.69) is 0 Å². The third kappa shape index (κ3) is 11.3.